The fourth-order valence-corrected chi connectivity index (χ4v) is 4.46. The van der Waals surface area contributed by atoms with Gasteiger partial charge in [-0.15, -0.1) is 11.3 Å². The predicted octanol–water partition coefficient (Wildman–Crippen LogP) is 5.20. The predicted molar refractivity (Wildman–Crippen MR) is 100 cm³/mol. The quantitative estimate of drug-likeness (QED) is 0.650. The van der Waals surface area contributed by atoms with Gasteiger partial charge in [0.25, 0.3) is 0 Å². The summed E-state index contributed by atoms with van der Waals surface area (Å²) in [6, 6.07) is 4.05. The molecule has 1 unspecified atom stereocenters. The molecule has 0 saturated heterocycles. The third-order valence-electron chi connectivity index (χ3n) is 4.02. The standard InChI is InChI=1S/C18H20BrNO3S/c1-10(2)23-15-9-14-16(8-13(15)19)24-17(20-14)11-4-6-12(7-5-11)18(21)22-3/h4,8-10,12H,5-7H2,1-3H3. The zero-order valence-electron chi connectivity index (χ0n) is 14.0. The number of nitrogens with zero attached hydrogens (tertiary/aromatic N) is 1. The highest BCUT2D eigenvalue weighted by atomic mass is 79.9. The van der Waals surface area contributed by atoms with Crippen LogP contribution < -0.4 is 4.74 Å². The number of fused-ring (bicyclic) bond motifs is 1. The van der Waals surface area contributed by atoms with Crippen molar-refractivity contribution in [3.05, 3.63) is 27.7 Å². The van der Waals surface area contributed by atoms with Gasteiger partial charge in [0, 0.05) is 6.07 Å². The first-order valence-corrected chi connectivity index (χ1v) is 9.63. The lowest BCUT2D eigenvalue weighted by Gasteiger charge is -2.18. The number of aromatic nitrogens is 1. The van der Waals surface area contributed by atoms with Crippen molar-refractivity contribution in [3.8, 4) is 5.75 Å². The number of carbonyl (C=O) groups is 1. The van der Waals surface area contributed by atoms with Crippen LogP contribution in [-0.4, -0.2) is 24.2 Å². The maximum atomic E-state index is 11.6. The van der Waals surface area contributed by atoms with E-state index in [1.165, 1.54) is 12.7 Å². The van der Waals surface area contributed by atoms with E-state index in [0.29, 0.717) is 0 Å². The average Bonchev–Trinajstić information content (AvgIpc) is 2.97. The number of thiazole rings is 1. The van der Waals surface area contributed by atoms with E-state index in [-0.39, 0.29) is 18.0 Å². The molecular weight excluding hydrogens is 390 g/mol. The van der Waals surface area contributed by atoms with E-state index < -0.39 is 0 Å². The Hall–Kier alpha value is -1.40. The molecule has 0 fully saturated rings. The fraction of sp³-hybridized carbons (Fsp3) is 0.444. The normalized spacial score (nSPS) is 17.9. The van der Waals surface area contributed by atoms with Crippen LogP contribution in [0.4, 0.5) is 0 Å². The topological polar surface area (TPSA) is 48.4 Å². The molecule has 24 heavy (non-hydrogen) atoms. The summed E-state index contributed by atoms with van der Waals surface area (Å²) in [4.78, 5) is 16.4. The first kappa shape index (κ1) is 17.4. The minimum Gasteiger partial charge on any atom is -0.490 e. The number of benzene rings is 1. The van der Waals surface area contributed by atoms with Gasteiger partial charge in [0.2, 0.25) is 0 Å². The number of ether oxygens (including phenoxy) is 2. The van der Waals surface area contributed by atoms with Crippen molar-refractivity contribution in [3.63, 3.8) is 0 Å². The van der Waals surface area contributed by atoms with Crippen LogP contribution in [0.25, 0.3) is 15.8 Å². The van der Waals surface area contributed by atoms with Crippen LogP contribution in [0.1, 0.15) is 38.1 Å². The van der Waals surface area contributed by atoms with Crippen LogP contribution in [-0.2, 0) is 9.53 Å². The molecule has 6 heteroatoms. The Labute approximate surface area is 154 Å². The number of esters is 1. The van der Waals surface area contributed by atoms with Crippen molar-refractivity contribution in [1.82, 2.24) is 4.98 Å². The monoisotopic (exact) mass is 409 g/mol. The molecule has 0 N–H and O–H groups in total. The van der Waals surface area contributed by atoms with E-state index >= 15 is 0 Å². The van der Waals surface area contributed by atoms with Crippen LogP contribution in [0.15, 0.2) is 22.7 Å². The third kappa shape index (κ3) is 3.64. The summed E-state index contributed by atoms with van der Waals surface area (Å²) >= 11 is 5.25. The summed E-state index contributed by atoms with van der Waals surface area (Å²) in [5, 5.41) is 1.03. The number of allylic oxidation sites excluding steroid dienone is 2. The highest BCUT2D eigenvalue weighted by molar-refractivity contribution is 9.10. The van der Waals surface area contributed by atoms with Gasteiger partial charge in [-0.3, -0.25) is 4.79 Å². The van der Waals surface area contributed by atoms with Crippen LogP contribution >= 0.6 is 27.3 Å². The number of halogens is 1. The van der Waals surface area contributed by atoms with Gasteiger partial charge in [-0.1, -0.05) is 6.08 Å². The Morgan fingerprint density at radius 1 is 1.42 bits per heavy atom. The summed E-state index contributed by atoms with van der Waals surface area (Å²) in [5.74, 6) is 0.681. The van der Waals surface area contributed by atoms with E-state index in [2.05, 4.69) is 28.1 Å². The molecule has 1 heterocycles. The molecule has 0 amide bonds. The molecule has 0 radical (unpaired) electrons. The van der Waals surface area contributed by atoms with Crippen molar-refractivity contribution < 1.29 is 14.3 Å². The van der Waals surface area contributed by atoms with E-state index in [1.807, 2.05) is 19.9 Å². The Balaban J connectivity index is 1.86. The third-order valence-corrected chi connectivity index (χ3v) is 5.74. The lowest BCUT2D eigenvalue weighted by Crippen LogP contribution is -2.18. The second-order valence-electron chi connectivity index (χ2n) is 6.16. The van der Waals surface area contributed by atoms with Gasteiger partial charge in [0.15, 0.2) is 0 Å². The van der Waals surface area contributed by atoms with Gasteiger partial charge in [-0.05, 0) is 60.7 Å². The van der Waals surface area contributed by atoms with Crippen LogP contribution in [0.2, 0.25) is 0 Å². The number of hydrogen-bond acceptors (Lipinski definition) is 5. The number of carbonyl (C=O) groups excluding carboxylic acids is 1. The maximum Gasteiger partial charge on any atom is 0.308 e. The Bertz CT molecular complexity index is 797. The highest BCUT2D eigenvalue weighted by Gasteiger charge is 2.24. The molecule has 4 nitrogen and oxygen atoms in total. The smallest absolute Gasteiger partial charge is 0.308 e. The molecule has 1 aliphatic carbocycles. The Kier molecular flexibility index (Phi) is 5.25. The van der Waals surface area contributed by atoms with Gasteiger partial charge in [0.05, 0.1) is 33.8 Å². The summed E-state index contributed by atoms with van der Waals surface area (Å²) in [5.41, 5.74) is 2.17. The molecule has 1 aromatic carbocycles. The molecule has 1 aliphatic rings. The molecule has 3 rings (SSSR count). The van der Waals surface area contributed by atoms with E-state index in [9.17, 15) is 4.79 Å². The highest BCUT2D eigenvalue weighted by Crippen LogP contribution is 2.38. The van der Waals surface area contributed by atoms with E-state index in [1.54, 1.807) is 11.3 Å². The van der Waals surface area contributed by atoms with Crippen molar-refractivity contribution in [2.24, 2.45) is 5.92 Å². The minimum atomic E-state index is -0.117. The van der Waals surface area contributed by atoms with Gasteiger partial charge in [-0.2, -0.15) is 0 Å². The van der Waals surface area contributed by atoms with Gasteiger partial charge < -0.3 is 9.47 Å². The molecule has 2 aromatic rings. The van der Waals surface area contributed by atoms with Gasteiger partial charge in [-0.25, -0.2) is 4.98 Å². The number of methoxy groups -OCH3 is 1. The zero-order chi connectivity index (χ0) is 17.3. The Morgan fingerprint density at radius 3 is 2.83 bits per heavy atom. The SMILES string of the molecule is COC(=O)C1CC=C(c2nc3cc(OC(C)C)c(Br)cc3s2)CC1. The molecule has 128 valence electrons. The minimum absolute atomic E-state index is 0.0201. The molecule has 1 aromatic heterocycles. The number of hydrogen-bond donors (Lipinski definition) is 0. The van der Waals surface area contributed by atoms with Crippen molar-refractivity contribution >= 4 is 49.0 Å². The molecule has 1 atom stereocenters. The molecule has 0 saturated carbocycles. The van der Waals surface area contributed by atoms with Crippen molar-refractivity contribution in [2.75, 3.05) is 7.11 Å². The van der Waals surface area contributed by atoms with Crippen LogP contribution in [0.5, 0.6) is 5.75 Å². The number of rotatable bonds is 4. The van der Waals surface area contributed by atoms with Gasteiger partial charge >= 0.3 is 5.97 Å². The average molecular weight is 410 g/mol. The second-order valence-corrected chi connectivity index (χ2v) is 8.04. The summed E-state index contributed by atoms with van der Waals surface area (Å²) in [6.07, 6.45) is 4.65. The summed E-state index contributed by atoms with van der Waals surface area (Å²) < 4.78 is 12.7. The summed E-state index contributed by atoms with van der Waals surface area (Å²) in [7, 11) is 1.45. The first-order valence-electron chi connectivity index (χ1n) is 8.02. The lowest BCUT2D eigenvalue weighted by atomic mass is 9.90. The van der Waals surface area contributed by atoms with E-state index in [4.69, 9.17) is 14.5 Å². The molecule has 0 spiro atoms. The van der Waals surface area contributed by atoms with Crippen molar-refractivity contribution in [2.45, 2.75) is 39.2 Å². The molecule has 0 aliphatic heterocycles. The second kappa shape index (κ2) is 7.23. The fourth-order valence-electron chi connectivity index (χ4n) is 2.82. The maximum absolute atomic E-state index is 11.6. The first-order chi connectivity index (χ1) is 11.5. The van der Waals surface area contributed by atoms with Crippen molar-refractivity contribution in [1.29, 1.82) is 0 Å². The van der Waals surface area contributed by atoms with Gasteiger partial charge in [0.1, 0.15) is 10.8 Å². The van der Waals surface area contributed by atoms with E-state index in [0.717, 1.165) is 44.7 Å². The largest absolute Gasteiger partial charge is 0.490 e. The molecular formula is C18H20BrNO3S. The molecule has 0 bridgehead atoms. The zero-order valence-corrected chi connectivity index (χ0v) is 16.4. The van der Waals surface area contributed by atoms with Crippen LogP contribution in [0.3, 0.4) is 0 Å². The van der Waals surface area contributed by atoms with Crippen LogP contribution in [0, 0.1) is 5.92 Å². The summed E-state index contributed by atoms with van der Waals surface area (Å²) in [6.45, 7) is 4.02. The lowest BCUT2D eigenvalue weighted by molar-refractivity contribution is -0.145. The Morgan fingerprint density at radius 2 is 2.21 bits per heavy atom.